The molecule has 17 heavy (non-hydrogen) atoms. The summed E-state index contributed by atoms with van der Waals surface area (Å²) >= 11 is 0. The number of hydrogen-bond acceptors (Lipinski definition) is 3. The van der Waals surface area contributed by atoms with Crippen molar-refractivity contribution in [3.05, 3.63) is 0 Å². The maximum Gasteiger partial charge on any atom is 0.248 e. The molecule has 1 aliphatic rings. The molecule has 0 radical (unpaired) electrons. The lowest BCUT2D eigenvalue weighted by atomic mass is 10.4. The van der Waals surface area contributed by atoms with Gasteiger partial charge < -0.3 is 14.5 Å². The molecule has 1 rings (SSSR count). The number of amides is 1. The van der Waals surface area contributed by atoms with Gasteiger partial charge in [0, 0.05) is 32.8 Å². The number of ether oxygens (including phenoxy) is 1. The van der Waals surface area contributed by atoms with E-state index in [4.69, 9.17) is 4.74 Å². The number of likely N-dealkylation sites (N-methyl/N-ethyl adjacent to an activating group) is 2. The first-order chi connectivity index (χ1) is 8.15. The van der Waals surface area contributed by atoms with Crippen LogP contribution >= 0.6 is 0 Å². The van der Waals surface area contributed by atoms with Crippen molar-refractivity contribution in [1.29, 1.82) is 0 Å². The number of nitrogens with zero attached hydrogens (tertiary/aromatic N) is 2. The average molecular weight is 242 g/mol. The summed E-state index contributed by atoms with van der Waals surface area (Å²) in [6, 6.07) is 0.763. The summed E-state index contributed by atoms with van der Waals surface area (Å²) in [6.07, 6.45) is 4.76. The van der Waals surface area contributed by atoms with Crippen molar-refractivity contribution in [3.63, 3.8) is 0 Å². The normalized spacial score (nSPS) is 15.3. The smallest absolute Gasteiger partial charge is 0.248 e. The molecule has 100 valence electrons. The van der Waals surface area contributed by atoms with Crippen LogP contribution in [0.25, 0.3) is 0 Å². The van der Waals surface area contributed by atoms with E-state index in [1.807, 2.05) is 7.05 Å². The van der Waals surface area contributed by atoms with Crippen LogP contribution in [0.3, 0.4) is 0 Å². The zero-order valence-electron chi connectivity index (χ0n) is 11.4. The van der Waals surface area contributed by atoms with Crippen molar-refractivity contribution >= 4 is 5.91 Å². The standard InChI is InChI=1S/C13H26N2O2/c1-4-5-10-17-11-13(16)15(3)9-8-14(2)12-6-7-12/h12H,4-11H2,1-3H3. The summed E-state index contributed by atoms with van der Waals surface area (Å²) in [4.78, 5) is 15.8. The van der Waals surface area contributed by atoms with E-state index < -0.39 is 0 Å². The molecule has 0 heterocycles. The van der Waals surface area contributed by atoms with E-state index >= 15 is 0 Å². The molecule has 0 aromatic heterocycles. The van der Waals surface area contributed by atoms with Gasteiger partial charge in [-0.15, -0.1) is 0 Å². The van der Waals surface area contributed by atoms with Gasteiger partial charge >= 0.3 is 0 Å². The molecule has 1 amide bonds. The first-order valence-electron chi connectivity index (χ1n) is 6.67. The van der Waals surface area contributed by atoms with Crippen LogP contribution in [0.1, 0.15) is 32.6 Å². The summed E-state index contributed by atoms with van der Waals surface area (Å²) < 4.78 is 5.32. The van der Waals surface area contributed by atoms with Crippen molar-refractivity contribution in [2.24, 2.45) is 0 Å². The van der Waals surface area contributed by atoms with E-state index in [-0.39, 0.29) is 12.5 Å². The Hall–Kier alpha value is -0.610. The molecule has 0 aromatic carbocycles. The lowest BCUT2D eigenvalue weighted by molar-refractivity contribution is -0.135. The Labute approximate surface area is 105 Å². The summed E-state index contributed by atoms with van der Waals surface area (Å²) in [5.74, 6) is 0.0882. The van der Waals surface area contributed by atoms with E-state index in [0.29, 0.717) is 6.61 Å². The third-order valence-corrected chi connectivity index (χ3v) is 3.25. The zero-order valence-corrected chi connectivity index (χ0v) is 11.4. The van der Waals surface area contributed by atoms with Crippen LogP contribution in [0.5, 0.6) is 0 Å². The molecule has 0 atom stereocenters. The summed E-state index contributed by atoms with van der Waals surface area (Å²) in [5, 5.41) is 0. The molecular formula is C13H26N2O2. The quantitative estimate of drug-likeness (QED) is 0.572. The van der Waals surface area contributed by atoms with Crippen LogP contribution in [0, 0.1) is 0 Å². The van der Waals surface area contributed by atoms with Crippen LogP contribution in [-0.2, 0) is 9.53 Å². The molecule has 1 saturated carbocycles. The van der Waals surface area contributed by atoms with Crippen LogP contribution < -0.4 is 0 Å². The zero-order chi connectivity index (χ0) is 12.7. The van der Waals surface area contributed by atoms with Gasteiger partial charge in [0.1, 0.15) is 6.61 Å². The first kappa shape index (κ1) is 14.5. The van der Waals surface area contributed by atoms with Crippen molar-refractivity contribution in [2.75, 3.05) is 40.4 Å². The maximum atomic E-state index is 11.7. The minimum Gasteiger partial charge on any atom is -0.372 e. The van der Waals surface area contributed by atoms with Crippen molar-refractivity contribution in [1.82, 2.24) is 9.80 Å². The van der Waals surface area contributed by atoms with E-state index in [9.17, 15) is 4.79 Å². The fourth-order valence-corrected chi connectivity index (χ4v) is 1.65. The topological polar surface area (TPSA) is 32.8 Å². The molecule has 0 saturated heterocycles. The highest BCUT2D eigenvalue weighted by molar-refractivity contribution is 5.77. The molecule has 4 nitrogen and oxygen atoms in total. The van der Waals surface area contributed by atoms with E-state index in [1.54, 1.807) is 4.90 Å². The minimum atomic E-state index is 0.0882. The van der Waals surface area contributed by atoms with Crippen LogP contribution in [0.2, 0.25) is 0 Å². The van der Waals surface area contributed by atoms with Gasteiger partial charge in [-0.3, -0.25) is 4.79 Å². The van der Waals surface area contributed by atoms with Gasteiger partial charge in [0.15, 0.2) is 0 Å². The molecule has 0 bridgehead atoms. The van der Waals surface area contributed by atoms with Gasteiger partial charge in [0.05, 0.1) is 0 Å². The van der Waals surface area contributed by atoms with Gasteiger partial charge in [-0.05, 0) is 26.3 Å². The predicted molar refractivity (Wildman–Crippen MR) is 69.0 cm³/mol. The van der Waals surface area contributed by atoms with Crippen molar-refractivity contribution in [2.45, 2.75) is 38.6 Å². The highest BCUT2D eigenvalue weighted by atomic mass is 16.5. The Kier molecular flexibility index (Phi) is 6.52. The van der Waals surface area contributed by atoms with E-state index in [0.717, 1.165) is 32.0 Å². The number of hydrogen-bond donors (Lipinski definition) is 0. The second-order valence-corrected chi connectivity index (χ2v) is 4.93. The van der Waals surface area contributed by atoms with Gasteiger partial charge in [-0.2, -0.15) is 0 Å². The molecule has 1 aliphatic carbocycles. The molecule has 0 aliphatic heterocycles. The monoisotopic (exact) mass is 242 g/mol. The second kappa shape index (κ2) is 7.67. The maximum absolute atomic E-state index is 11.7. The third-order valence-electron chi connectivity index (χ3n) is 3.25. The summed E-state index contributed by atoms with van der Waals surface area (Å²) in [7, 11) is 3.99. The SMILES string of the molecule is CCCCOCC(=O)N(C)CCN(C)C1CC1. The largest absolute Gasteiger partial charge is 0.372 e. The summed E-state index contributed by atoms with van der Waals surface area (Å²) in [6.45, 7) is 4.79. The predicted octanol–water partition coefficient (Wildman–Crippen LogP) is 1.36. The summed E-state index contributed by atoms with van der Waals surface area (Å²) in [5.41, 5.74) is 0. The van der Waals surface area contributed by atoms with Crippen LogP contribution in [0.4, 0.5) is 0 Å². The van der Waals surface area contributed by atoms with Gasteiger partial charge in [-0.25, -0.2) is 0 Å². The Balaban J connectivity index is 2.04. The van der Waals surface area contributed by atoms with E-state index in [1.165, 1.54) is 12.8 Å². The minimum absolute atomic E-state index is 0.0882. The number of carbonyl (C=O) groups excluding carboxylic acids is 1. The van der Waals surface area contributed by atoms with Gasteiger partial charge in [-0.1, -0.05) is 13.3 Å². The van der Waals surface area contributed by atoms with E-state index in [2.05, 4.69) is 18.9 Å². The molecule has 0 aromatic rings. The molecule has 0 unspecified atom stereocenters. The Morgan fingerprint density at radius 3 is 2.59 bits per heavy atom. The molecule has 4 heteroatoms. The lowest BCUT2D eigenvalue weighted by Gasteiger charge is -2.21. The number of carbonyl (C=O) groups is 1. The fraction of sp³-hybridized carbons (Fsp3) is 0.923. The first-order valence-corrected chi connectivity index (χ1v) is 6.67. The highest BCUT2D eigenvalue weighted by Crippen LogP contribution is 2.24. The molecule has 1 fully saturated rings. The lowest BCUT2D eigenvalue weighted by Crippen LogP contribution is -2.37. The van der Waals surface area contributed by atoms with Gasteiger partial charge in [0.2, 0.25) is 5.91 Å². The highest BCUT2D eigenvalue weighted by Gasteiger charge is 2.25. The fourth-order valence-electron chi connectivity index (χ4n) is 1.65. The third kappa shape index (κ3) is 6.03. The van der Waals surface area contributed by atoms with Crippen LogP contribution in [-0.4, -0.2) is 62.1 Å². The van der Waals surface area contributed by atoms with Crippen molar-refractivity contribution < 1.29 is 9.53 Å². The molecule has 0 spiro atoms. The Morgan fingerprint density at radius 2 is 2.00 bits per heavy atom. The number of rotatable bonds is 9. The second-order valence-electron chi connectivity index (χ2n) is 4.93. The molecule has 0 N–H and O–H groups in total. The Bertz CT molecular complexity index is 229. The number of unbranched alkanes of at least 4 members (excludes halogenated alkanes) is 1. The average Bonchev–Trinajstić information content (AvgIpc) is 3.14. The van der Waals surface area contributed by atoms with Crippen molar-refractivity contribution in [3.8, 4) is 0 Å². The van der Waals surface area contributed by atoms with Crippen LogP contribution in [0.15, 0.2) is 0 Å². The Morgan fingerprint density at radius 1 is 1.29 bits per heavy atom. The van der Waals surface area contributed by atoms with Gasteiger partial charge in [0.25, 0.3) is 0 Å². The molecular weight excluding hydrogens is 216 g/mol.